The van der Waals surface area contributed by atoms with Gasteiger partial charge in [0, 0.05) is 5.41 Å². The van der Waals surface area contributed by atoms with Crippen molar-refractivity contribution in [2.45, 2.75) is 20.3 Å². The monoisotopic (exact) mass is 158 g/mol. The molecule has 0 aliphatic heterocycles. The van der Waals surface area contributed by atoms with Crippen molar-refractivity contribution < 1.29 is 0 Å². The van der Waals surface area contributed by atoms with Crippen LogP contribution in [0.15, 0.2) is 47.6 Å². The Kier molecular flexibility index (Phi) is 1.57. The Hall–Kier alpha value is -1.04. The van der Waals surface area contributed by atoms with E-state index in [9.17, 15) is 0 Å². The van der Waals surface area contributed by atoms with Gasteiger partial charge in [-0.2, -0.15) is 0 Å². The minimum absolute atomic E-state index is 0.202. The molecule has 0 saturated carbocycles. The fourth-order valence-corrected chi connectivity index (χ4v) is 1.92. The molecule has 0 heteroatoms. The van der Waals surface area contributed by atoms with Crippen LogP contribution in [0, 0.1) is 5.41 Å². The van der Waals surface area contributed by atoms with E-state index >= 15 is 0 Å². The van der Waals surface area contributed by atoms with Gasteiger partial charge in [-0.25, -0.2) is 0 Å². The van der Waals surface area contributed by atoms with Crippen LogP contribution in [0.2, 0.25) is 0 Å². The van der Waals surface area contributed by atoms with E-state index in [1.807, 2.05) is 0 Å². The summed E-state index contributed by atoms with van der Waals surface area (Å²) in [6, 6.07) is 0. The van der Waals surface area contributed by atoms with Gasteiger partial charge in [0.1, 0.15) is 0 Å². The van der Waals surface area contributed by atoms with Crippen molar-refractivity contribution in [3.05, 3.63) is 47.6 Å². The molecule has 0 spiro atoms. The molecule has 0 bridgehead atoms. The first-order valence-electron chi connectivity index (χ1n) is 4.46. The molecule has 2 rings (SSSR count). The van der Waals surface area contributed by atoms with Crippen LogP contribution in [0.25, 0.3) is 0 Å². The Morgan fingerprint density at radius 1 is 1.42 bits per heavy atom. The highest BCUT2D eigenvalue weighted by molar-refractivity contribution is 5.43. The smallest absolute Gasteiger partial charge is 0.0257 e. The molecule has 0 fully saturated rings. The van der Waals surface area contributed by atoms with Gasteiger partial charge in [0.2, 0.25) is 0 Å². The van der Waals surface area contributed by atoms with Gasteiger partial charge in [-0.15, -0.1) is 0 Å². The second-order valence-corrected chi connectivity index (χ2v) is 3.83. The molecule has 0 aromatic carbocycles. The van der Waals surface area contributed by atoms with Gasteiger partial charge in [-0.3, -0.25) is 0 Å². The Morgan fingerprint density at radius 3 is 2.75 bits per heavy atom. The van der Waals surface area contributed by atoms with E-state index in [4.69, 9.17) is 0 Å². The summed E-state index contributed by atoms with van der Waals surface area (Å²) in [6.07, 6.45) is 14.6. The molecular formula is C12H14. The maximum Gasteiger partial charge on any atom is 0.0257 e. The predicted octanol–water partition coefficient (Wildman–Crippen LogP) is 3.40. The van der Waals surface area contributed by atoms with Gasteiger partial charge in [-0.1, -0.05) is 47.6 Å². The van der Waals surface area contributed by atoms with Crippen molar-refractivity contribution in [1.82, 2.24) is 0 Å². The molecule has 1 atom stereocenters. The fraction of sp³-hybridized carbons (Fsp3) is 0.333. The van der Waals surface area contributed by atoms with Crippen molar-refractivity contribution >= 4 is 0 Å². The standard InChI is InChI=1S/C12H14/c1-10-7-8-12(2,9-10)11-5-3-4-6-11/h3-5,7-9H,6H2,1-2H3. The zero-order chi connectivity index (χ0) is 8.60. The van der Waals surface area contributed by atoms with Crippen LogP contribution in [-0.2, 0) is 0 Å². The molecule has 0 aromatic heterocycles. The molecule has 2 aliphatic rings. The quantitative estimate of drug-likeness (QED) is 0.548. The van der Waals surface area contributed by atoms with E-state index in [-0.39, 0.29) is 5.41 Å². The zero-order valence-corrected chi connectivity index (χ0v) is 7.67. The molecule has 2 aliphatic carbocycles. The molecule has 0 saturated heterocycles. The molecule has 0 amide bonds. The second kappa shape index (κ2) is 2.48. The lowest BCUT2D eigenvalue weighted by atomic mass is 9.83. The van der Waals surface area contributed by atoms with Gasteiger partial charge < -0.3 is 0 Å². The first kappa shape index (κ1) is 7.60. The first-order chi connectivity index (χ1) is 5.71. The number of rotatable bonds is 1. The highest BCUT2D eigenvalue weighted by atomic mass is 14.3. The lowest BCUT2D eigenvalue weighted by Gasteiger charge is -2.21. The summed E-state index contributed by atoms with van der Waals surface area (Å²) < 4.78 is 0. The van der Waals surface area contributed by atoms with E-state index in [2.05, 4.69) is 50.3 Å². The Morgan fingerprint density at radius 2 is 2.25 bits per heavy atom. The van der Waals surface area contributed by atoms with E-state index < -0.39 is 0 Å². The van der Waals surface area contributed by atoms with Crippen LogP contribution >= 0.6 is 0 Å². The second-order valence-electron chi connectivity index (χ2n) is 3.83. The van der Waals surface area contributed by atoms with E-state index in [1.165, 1.54) is 11.1 Å². The van der Waals surface area contributed by atoms with Gasteiger partial charge in [0.05, 0.1) is 0 Å². The summed E-state index contributed by atoms with van der Waals surface area (Å²) in [7, 11) is 0. The van der Waals surface area contributed by atoms with Crippen molar-refractivity contribution in [1.29, 1.82) is 0 Å². The van der Waals surface area contributed by atoms with Crippen molar-refractivity contribution in [2.24, 2.45) is 5.41 Å². The predicted molar refractivity (Wildman–Crippen MR) is 52.8 cm³/mol. The number of hydrogen-bond donors (Lipinski definition) is 0. The molecule has 0 N–H and O–H groups in total. The van der Waals surface area contributed by atoms with E-state index in [0.29, 0.717) is 0 Å². The van der Waals surface area contributed by atoms with Crippen LogP contribution in [-0.4, -0.2) is 0 Å². The van der Waals surface area contributed by atoms with E-state index in [1.54, 1.807) is 0 Å². The largest absolute Gasteiger partial charge is 0.0804 e. The van der Waals surface area contributed by atoms with Crippen molar-refractivity contribution in [2.75, 3.05) is 0 Å². The lowest BCUT2D eigenvalue weighted by Crippen LogP contribution is -2.09. The molecule has 12 heavy (non-hydrogen) atoms. The normalized spacial score (nSPS) is 32.5. The molecule has 0 heterocycles. The van der Waals surface area contributed by atoms with Crippen LogP contribution < -0.4 is 0 Å². The summed E-state index contributed by atoms with van der Waals surface area (Å²) in [6.45, 7) is 4.43. The van der Waals surface area contributed by atoms with Crippen LogP contribution in [0.5, 0.6) is 0 Å². The topological polar surface area (TPSA) is 0 Å². The first-order valence-corrected chi connectivity index (χ1v) is 4.46. The maximum atomic E-state index is 2.34. The van der Waals surface area contributed by atoms with Crippen LogP contribution in [0.1, 0.15) is 20.3 Å². The highest BCUT2D eigenvalue weighted by Gasteiger charge is 2.26. The summed E-state index contributed by atoms with van der Waals surface area (Å²) >= 11 is 0. The summed E-state index contributed by atoms with van der Waals surface area (Å²) in [5.41, 5.74) is 3.09. The third kappa shape index (κ3) is 1.08. The maximum absolute atomic E-state index is 2.34. The Labute approximate surface area is 74.0 Å². The lowest BCUT2D eigenvalue weighted by molar-refractivity contribution is 0.658. The summed E-state index contributed by atoms with van der Waals surface area (Å²) in [5, 5.41) is 0. The average Bonchev–Trinajstić information content (AvgIpc) is 2.59. The Bertz CT molecular complexity index is 313. The summed E-state index contributed by atoms with van der Waals surface area (Å²) in [4.78, 5) is 0. The van der Waals surface area contributed by atoms with Crippen molar-refractivity contribution in [3.8, 4) is 0 Å². The zero-order valence-electron chi connectivity index (χ0n) is 7.67. The highest BCUT2D eigenvalue weighted by Crippen LogP contribution is 2.39. The molecule has 0 nitrogen and oxygen atoms in total. The number of hydrogen-bond acceptors (Lipinski definition) is 0. The van der Waals surface area contributed by atoms with Crippen LogP contribution in [0.3, 0.4) is 0 Å². The molecule has 0 aromatic rings. The molecule has 62 valence electrons. The number of allylic oxidation sites excluding steroid dienone is 8. The molecular weight excluding hydrogens is 144 g/mol. The molecule has 0 radical (unpaired) electrons. The van der Waals surface area contributed by atoms with E-state index in [0.717, 1.165) is 6.42 Å². The fourth-order valence-electron chi connectivity index (χ4n) is 1.92. The third-order valence-electron chi connectivity index (χ3n) is 2.68. The average molecular weight is 158 g/mol. The van der Waals surface area contributed by atoms with Crippen LogP contribution in [0.4, 0.5) is 0 Å². The SMILES string of the molecule is CC1=CC(C)(C2=CC=CC2)C=C1. The summed E-state index contributed by atoms with van der Waals surface area (Å²) in [5.74, 6) is 0. The van der Waals surface area contributed by atoms with Gasteiger partial charge in [-0.05, 0) is 20.3 Å². The molecule has 1 unspecified atom stereocenters. The van der Waals surface area contributed by atoms with Gasteiger partial charge in [0.15, 0.2) is 0 Å². The van der Waals surface area contributed by atoms with Gasteiger partial charge >= 0.3 is 0 Å². The minimum Gasteiger partial charge on any atom is -0.0804 e. The minimum atomic E-state index is 0.202. The third-order valence-corrected chi connectivity index (χ3v) is 2.68. The van der Waals surface area contributed by atoms with Crippen molar-refractivity contribution in [3.63, 3.8) is 0 Å². The Balaban J connectivity index is 2.30. The van der Waals surface area contributed by atoms with Gasteiger partial charge in [0.25, 0.3) is 0 Å².